The normalized spacial score (nSPS) is 36.7. The highest BCUT2D eigenvalue weighted by Crippen LogP contribution is 2.34. The Balaban J connectivity index is 1.98. The standard InChI is InChI=1S/C11H17NO3/c1-15-8-4-2-3-7(5-8)9-6-10(13)12-11(9)14/h7-9H,2-6H2,1H3,(H,12,13,14). The van der Waals surface area contributed by atoms with E-state index in [0.29, 0.717) is 12.3 Å². The van der Waals surface area contributed by atoms with E-state index in [9.17, 15) is 9.59 Å². The minimum atomic E-state index is -0.121. The van der Waals surface area contributed by atoms with Gasteiger partial charge in [0.15, 0.2) is 0 Å². The lowest BCUT2D eigenvalue weighted by atomic mass is 9.78. The molecule has 2 aliphatic rings. The van der Waals surface area contributed by atoms with Crippen LogP contribution in [0, 0.1) is 11.8 Å². The third-order valence-electron chi connectivity index (χ3n) is 3.57. The van der Waals surface area contributed by atoms with Crippen LogP contribution in [0.15, 0.2) is 0 Å². The van der Waals surface area contributed by atoms with Gasteiger partial charge in [0.25, 0.3) is 0 Å². The molecule has 3 atom stereocenters. The molecule has 1 heterocycles. The van der Waals surface area contributed by atoms with E-state index in [-0.39, 0.29) is 23.8 Å². The fourth-order valence-electron chi connectivity index (χ4n) is 2.71. The lowest BCUT2D eigenvalue weighted by Gasteiger charge is -2.30. The topological polar surface area (TPSA) is 55.4 Å². The molecule has 1 saturated carbocycles. The molecule has 0 aromatic carbocycles. The fourth-order valence-corrected chi connectivity index (χ4v) is 2.71. The number of imide groups is 1. The Morgan fingerprint density at radius 3 is 2.73 bits per heavy atom. The van der Waals surface area contributed by atoms with E-state index < -0.39 is 0 Å². The van der Waals surface area contributed by atoms with Gasteiger partial charge in [-0.3, -0.25) is 14.9 Å². The van der Waals surface area contributed by atoms with E-state index in [1.165, 1.54) is 0 Å². The highest BCUT2D eigenvalue weighted by Gasteiger charge is 2.38. The van der Waals surface area contributed by atoms with Gasteiger partial charge in [0.2, 0.25) is 11.8 Å². The van der Waals surface area contributed by atoms with Crippen LogP contribution in [-0.2, 0) is 14.3 Å². The summed E-state index contributed by atoms with van der Waals surface area (Å²) >= 11 is 0. The molecule has 0 radical (unpaired) electrons. The molecule has 1 saturated heterocycles. The molecule has 0 bridgehead atoms. The Kier molecular flexibility index (Phi) is 3.05. The van der Waals surface area contributed by atoms with Crippen LogP contribution in [0.3, 0.4) is 0 Å². The minimum Gasteiger partial charge on any atom is -0.381 e. The first-order valence-corrected chi connectivity index (χ1v) is 5.57. The molecule has 2 amide bonds. The van der Waals surface area contributed by atoms with Gasteiger partial charge in [-0.25, -0.2) is 0 Å². The van der Waals surface area contributed by atoms with Crippen LogP contribution in [0.2, 0.25) is 0 Å². The summed E-state index contributed by atoms with van der Waals surface area (Å²) in [5.74, 6) is 0.0249. The third kappa shape index (κ3) is 2.20. The lowest BCUT2D eigenvalue weighted by molar-refractivity contribution is -0.126. The van der Waals surface area contributed by atoms with Crippen molar-refractivity contribution in [1.82, 2.24) is 5.32 Å². The molecule has 2 fully saturated rings. The largest absolute Gasteiger partial charge is 0.381 e. The van der Waals surface area contributed by atoms with Crippen molar-refractivity contribution in [2.75, 3.05) is 7.11 Å². The maximum Gasteiger partial charge on any atom is 0.230 e. The third-order valence-corrected chi connectivity index (χ3v) is 3.57. The van der Waals surface area contributed by atoms with Crippen LogP contribution in [-0.4, -0.2) is 25.0 Å². The number of hydrogen-bond donors (Lipinski definition) is 1. The summed E-state index contributed by atoms with van der Waals surface area (Å²) in [7, 11) is 1.72. The highest BCUT2D eigenvalue weighted by atomic mass is 16.5. The van der Waals surface area contributed by atoms with E-state index >= 15 is 0 Å². The number of rotatable bonds is 2. The van der Waals surface area contributed by atoms with Crippen LogP contribution < -0.4 is 5.32 Å². The van der Waals surface area contributed by atoms with Crippen molar-refractivity contribution in [3.8, 4) is 0 Å². The summed E-state index contributed by atoms with van der Waals surface area (Å²) in [6, 6.07) is 0. The summed E-state index contributed by atoms with van der Waals surface area (Å²) in [6.07, 6.45) is 4.79. The van der Waals surface area contributed by atoms with Crippen molar-refractivity contribution >= 4 is 11.8 Å². The first kappa shape index (κ1) is 10.6. The number of carbonyl (C=O) groups excluding carboxylic acids is 2. The van der Waals surface area contributed by atoms with Crippen molar-refractivity contribution in [2.24, 2.45) is 11.8 Å². The van der Waals surface area contributed by atoms with Crippen molar-refractivity contribution in [3.05, 3.63) is 0 Å². The Morgan fingerprint density at radius 1 is 1.33 bits per heavy atom. The maximum atomic E-state index is 11.5. The number of amides is 2. The van der Waals surface area contributed by atoms with E-state index in [4.69, 9.17) is 4.74 Å². The smallest absolute Gasteiger partial charge is 0.230 e. The van der Waals surface area contributed by atoms with Gasteiger partial charge in [0.1, 0.15) is 0 Å². The van der Waals surface area contributed by atoms with Crippen LogP contribution in [0.25, 0.3) is 0 Å². The summed E-state index contributed by atoms with van der Waals surface area (Å²) in [6.45, 7) is 0. The van der Waals surface area contributed by atoms with Gasteiger partial charge in [0.05, 0.1) is 12.0 Å². The van der Waals surface area contributed by atoms with Gasteiger partial charge in [-0.1, -0.05) is 6.42 Å². The number of nitrogens with one attached hydrogen (secondary N) is 1. The molecule has 84 valence electrons. The van der Waals surface area contributed by atoms with Gasteiger partial charge < -0.3 is 4.74 Å². The van der Waals surface area contributed by atoms with Crippen molar-refractivity contribution in [3.63, 3.8) is 0 Å². The van der Waals surface area contributed by atoms with E-state index in [1.54, 1.807) is 7.11 Å². The van der Waals surface area contributed by atoms with Gasteiger partial charge in [-0.05, 0) is 25.2 Å². The molecular formula is C11H17NO3. The SMILES string of the molecule is COC1CCCC(C2CC(=O)NC2=O)C1. The molecule has 4 nitrogen and oxygen atoms in total. The second kappa shape index (κ2) is 4.31. The van der Waals surface area contributed by atoms with Crippen molar-refractivity contribution in [2.45, 2.75) is 38.2 Å². The summed E-state index contributed by atoms with van der Waals surface area (Å²) in [5.41, 5.74) is 0. The van der Waals surface area contributed by atoms with Gasteiger partial charge >= 0.3 is 0 Å². The summed E-state index contributed by atoms with van der Waals surface area (Å²) < 4.78 is 5.33. The molecule has 1 N–H and O–H groups in total. The van der Waals surface area contributed by atoms with Gasteiger partial charge in [-0.2, -0.15) is 0 Å². The van der Waals surface area contributed by atoms with E-state index in [2.05, 4.69) is 5.32 Å². The monoisotopic (exact) mass is 211 g/mol. The first-order valence-electron chi connectivity index (χ1n) is 5.57. The number of ether oxygens (including phenoxy) is 1. The Bertz CT molecular complexity index is 277. The van der Waals surface area contributed by atoms with Gasteiger partial charge in [-0.15, -0.1) is 0 Å². The zero-order valence-electron chi connectivity index (χ0n) is 8.99. The fraction of sp³-hybridized carbons (Fsp3) is 0.818. The van der Waals surface area contributed by atoms with Crippen molar-refractivity contribution < 1.29 is 14.3 Å². The van der Waals surface area contributed by atoms with Crippen LogP contribution in [0.1, 0.15) is 32.1 Å². The van der Waals surface area contributed by atoms with Gasteiger partial charge in [0, 0.05) is 13.5 Å². The number of carbonyl (C=O) groups is 2. The lowest BCUT2D eigenvalue weighted by Crippen LogP contribution is -2.31. The average Bonchev–Trinajstić information content (AvgIpc) is 2.58. The van der Waals surface area contributed by atoms with Crippen LogP contribution in [0.4, 0.5) is 0 Å². The zero-order valence-corrected chi connectivity index (χ0v) is 8.99. The molecule has 2 rings (SSSR count). The van der Waals surface area contributed by atoms with Crippen LogP contribution >= 0.6 is 0 Å². The molecule has 1 aliphatic carbocycles. The summed E-state index contributed by atoms with van der Waals surface area (Å²) in [5, 5.41) is 2.38. The second-order valence-electron chi connectivity index (χ2n) is 4.51. The Labute approximate surface area is 89.4 Å². The summed E-state index contributed by atoms with van der Waals surface area (Å²) in [4.78, 5) is 22.6. The molecule has 3 unspecified atom stereocenters. The molecular weight excluding hydrogens is 194 g/mol. The highest BCUT2D eigenvalue weighted by molar-refractivity contribution is 6.03. The maximum absolute atomic E-state index is 11.5. The number of methoxy groups -OCH3 is 1. The van der Waals surface area contributed by atoms with E-state index in [1.807, 2.05) is 0 Å². The second-order valence-corrected chi connectivity index (χ2v) is 4.51. The predicted octanol–water partition coefficient (Wildman–Crippen LogP) is 0.854. The molecule has 1 aliphatic heterocycles. The molecule has 0 spiro atoms. The zero-order chi connectivity index (χ0) is 10.8. The Morgan fingerprint density at radius 2 is 2.13 bits per heavy atom. The molecule has 15 heavy (non-hydrogen) atoms. The first-order chi connectivity index (χ1) is 7.20. The number of hydrogen-bond acceptors (Lipinski definition) is 3. The quantitative estimate of drug-likeness (QED) is 0.689. The molecule has 0 aromatic heterocycles. The minimum absolute atomic E-state index is 0.0817. The Hall–Kier alpha value is -0.900. The molecule has 0 aromatic rings. The molecule has 4 heteroatoms. The van der Waals surface area contributed by atoms with E-state index in [0.717, 1.165) is 25.7 Å². The average molecular weight is 211 g/mol. The predicted molar refractivity (Wildman–Crippen MR) is 54.0 cm³/mol. The van der Waals surface area contributed by atoms with Crippen LogP contribution in [0.5, 0.6) is 0 Å². The van der Waals surface area contributed by atoms with Crippen molar-refractivity contribution in [1.29, 1.82) is 0 Å².